The van der Waals surface area contributed by atoms with Gasteiger partial charge in [-0.2, -0.15) is 4.98 Å². The second kappa shape index (κ2) is 5.09. The Kier molecular flexibility index (Phi) is 4.00. The van der Waals surface area contributed by atoms with Crippen LogP contribution in [0.25, 0.3) is 0 Å². The smallest absolute Gasteiger partial charge is 0.317 e. The summed E-state index contributed by atoms with van der Waals surface area (Å²) in [4.78, 5) is 7.98. The third kappa shape index (κ3) is 3.17. The molecule has 0 bridgehead atoms. The minimum Gasteiger partial charge on any atom is -0.463 e. The van der Waals surface area contributed by atoms with Crippen LogP contribution < -0.4 is 4.74 Å². The molecular weight excluding hydrogens is 220 g/mol. The van der Waals surface area contributed by atoms with Gasteiger partial charge in [-0.25, -0.2) is 4.98 Å². The molecule has 0 aliphatic carbocycles. The average Bonchev–Trinajstić information content (AvgIpc) is 2.05. The Bertz CT molecular complexity index is 242. The Labute approximate surface area is 80.3 Å². The molecule has 1 heterocycles. The number of unbranched alkanes of at least 4 members (excludes halogenated alkanes) is 1. The lowest BCUT2D eigenvalue weighted by Gasteiger charge is -2.01. The van der Waals surface area contributed by atoms with Gasteiger partial charge in [-0.3, -0.25) is 0 Å². The summed E-state index contributed by atoms with van der Waals surface area (Å²) >= 11 is 3.24. The summed E-state index contributed by atoms with van der Waals surface area (Å²) in [5.41, 5.74) is 0. The number of aromatic nitrogens is 2. The Morgan fingerprint density at radius 1 is 1.58 bits per heavy atom. The van der Waals surface area contributed by atoms with Gasteiger partial charge in [-0.1, -0.05) is 13.3 Å². The van der Waals surface area contributed by atoms with Gasteiger partial charge in [-0.05, 0) is 28.4 Å². The summed E-state index contributed by atoms with van der Waals surface area (Å²) in [7, 11) is 0. The van der Waals surface area contributed by atoms with E-state index >= 15 is 0 Å². The standard InChI is InChI=1S/C8H11BrN2O/c1-2-3-6-12-8-10-5-4-7(9)11-8/h4-5H,2-3,6H2,1H3. The molecule has 0 unspecified atom stereocenters. The lowest BCUT2D eigenvalue weighted by molar-refractivity contribution is 0.284. The lowest BCUT2D eigenvalue weighted by Crippen LogP contribution is -2.00. The highest BCUT2D eigenvalue weighted by molar-refractivity contribution is 9.10. The summed E-state index contributed by atoms with van der Waals surface area (Å²) in [5.74, 6) is 0. The van der Waals surface area contributed by atoms with Crippen molar-refractivity contribution in [2.75, 3.05) is 6.61 Å². The van der Waals surface area contributed by atoms with Crippen molar-refractivity contribution in [1.29, 1.82) is 0 Å². The fraction of sp³-hybridized carbons (Fsp3) is 0.500. The maximum absolute atomic E-state index is 5.28. The maximum Gasteiger partial charge on any atom is 0.317 e. The molecule has 66 valence electrons. The van der Waals surface area contributed by atoms with Crippen LogP contribution >= 0.6 is 15.9 Å². The van der Waals surface area contributed by atoms with E-state index in [0.29, 0.717) is 12.6 Å². The highest BCUT2D eigenvalue weighted by Gasteiger charge is 1.96. The van der Waals surface area contributed by atoms with Gasteiger partial charge in [0.1, 0.15) is 4.60 Å². The molecule has 0 spiro atoms. The molecule has 0 aliphatic rings. The molecule has 0 saturated heterocycles. The number of nitrogens with zero attached hydrogens (tertiary/aromatic N) is 2. The minimum atomic E-state index is 0.442. The van der Waals surface area contributed by atoms with E-state index in [0.717, 1.165) is 17.4 Å². The summed E-state index contributed by atoms with van der Waals surface area (Å²) < 4.78 is 6.03. The summed E-state index contributed by atoms with van der Waals surface area (Å²) in [5, 5.41) is 0. The molecule has 1 aromatic heterocycles. The Hall–Kier alpha value is -0.640. The quantitative estimate of drug-likeness (QED) is 0.589. The molecule has 4 heteroatoms. The van der Waals surface area contributed by atoms with E-state index < -0.39 is 0 Å². The molecule has 0 radical (unpaired) electrons. The number of hydrogen-bond acceptors (Lipinski definition) is 3. The molecule has 0 aliphatic heterocycles. The second-order valence-corrected chi connectivity index (χ2v) is 3.18. The van der Waals surface area contributed by atoms with Gasteiger partial charge in [0.2, 0.25) is 0 Å². The van der Waals surface area contributed by atoms with Crippen molar-refractivity contribution in [2.45, 2.75) is 19.8 Å². The van der Waals surface area contributed by atoms with E-state index in [4.69, 9.17) is 4.74 Å². The maximum atomic E-state index is 5.28. The van der Waals surface area contributed by atoms with E-state index in [9.17, 15) is 0 Å². The zero-order chi connectivity index (χ0) is 8.81. The number of rotatable bonds is 4. The Balaban J connectivity index is 2.41. The molecule has 0 atom stereocenters. The van der Waals surface area contributed by atoms with Gasteiger partial charge < -0.3 is 4.74 Å². The van der Waals surface area contributed by atoms with Crippen LogP contribution in [-0.2, 0) is 0 Å². The molecule has 0 amide bonds. The number of halogens is 1. The molecule has 1 rings (SSSR count). The predicted molar refractivity (Wildman–Crippen MR) is 50.1 cm³/mol. The van der Waals surface area contributed by atoms with E-state index in [1.54, 1.807) is 12.3 Å². The second-order valence-electron chi connectivity index (χ2n) is 2.36. The molecule has 12 heavy (non-hydrogen) atoms. The molecule has 1 aromatic rings. The van der Waals surface area contributed by atoms with Crippen LogP contribution in [0, 0.1) is 0 Å². The average molecular weight is 231 g/mol. The van der Waals surface area contributed by atoms with Gasteiger partial charge in [0.15, 0.2) is 0 Å². The molecule has 3 nitrogen and oxygen atoms in total. The zero-order valence-electron chi connectivity index (χ0n) is 6.96. The van der Waals surface area contributed by atoms with Crippen LogP contribution in [0.1, 0.15) is 19.8 Å². The van der Waals surface area contributed by atoms with E-state index in [1.807, 2.05) is 0 Å². The molecule has 0 N–H and O–H groups in total. The Morgan fingerprint density at radius 3 is 3.08 bits per heavy atom. The van der Waals surface area contributed by atoms with Crippen molar-refractivity contribution in [3.8, 4) is 6.01 Å². The van der Waals surface area contributed by atoms with E-state index in [2.05, 4.69) is 32.8 Å². The summed E-state index contributed by atoms with van der Waals surface area (Å²) in [6.07, 6.45) is 3.82. The van der Waals surface area contributed by atoms with Crippen LogP contribution in [0.4, 0.5) is 0 Å². The van der Waals surface area contributed by atoms with Crippen molar-refractivity contribution in [1.82, 2.24) is 9.97 Å². The molecular formula is C8H11BrN2O. The van der Waals surface area contributed by atoms with Gasteiger partial charge in [0, 0.05) is 6.20 Å². The van der Waals surface area contributed by atoms with Crippen molar-refractivity contribution < 1.29 is 4.74 Å². The highest BCUT2D eigenvalue weighted by Crippen LogP contribution is 2.08. The Morgan fingerprint density at radius 2 is 2.42 bits per heavy atom. The monoisotopic (exact) mass is 230 g/mol. The normalized spacial score (nSPS) is 9.83. The van der Waals surface area contributed by atoms with Crippen LogP contribution in [0.3, 0.4) is 0 Å². The van der Waals surface area contributed by atoms with Crippen molar-refractivity contribution in [2.24, 2.45) is 0 Å². The summed E-state index contributed by atoms with van der Waals surface area (Å²) in [6, 6.07) is 2.21. The van der Waals surface area contributed by atoms with Crippen LogP contribution in [0.15, 0.2) is 16.9 Å². The fourth-order valence-electron chi connectivity index (χ4n) is 0.697. The van der Waals surface area contributed by atoms with Gasteiger partial charge in [0.25, 0.3) is 0 Å². The van der Waals surface area contributed by atoms with E-state index in [1.165, 1.54) is 0 Å². The first-order chi connectivity index (χ1) is 5.83. The first-order valence-electron chi connectivity index (χ1n) is 3.94. The van der Waals surface area contributed by atoms with E-state index in [-0.39, 0.29) is 0 Å². The fourth-order valence-corrected chi connectivity index (χ4v) is 0.967. The van der Waals surface area contributed by atoms with Gasteiger partial charge >= 0.3 is 6.01 Å². The summed E-state index contributed by atoms with van der Waals surface area (Å²) in [6.45, 7) is 2.80. The lowest BCUT2D eigenvalue weighted by atomic mass is 10.4. The first kappa shape index (κ1) is 9.45. The third-order valence-corrected chi connectivity index (χ3v) is 1.77. The van der Waals surface area contributed by atoms with Crippen molar-refractivity contribution in [3.05, 3.63) is 16.9 Å². The van der Waals surface area contributed by atoms with Crippen molar-refractivity contribution >= 4 is 15.9 Å². The number of hydrogen-bond donors (Lipinski definition) is 0. The van der Waals surface area contributed by atoms with Gasteiger partial charge in [0.05, 0.1) is 6.61 Å². The van der Waals surface area contributed by atoms with Gasteiger partial charge in [-0.15, -0.1) is 0 Å². The largest absolute Gasteiger partial charge is 0.463 e. The first-order valence-corrected chi connectivity index (χ1v) is 4.73. The van der Waals surface area contributed by atoms with Crippen molar-refractivity contribution in [3.63, 3.8) is 0 Å². The van der Waals surface area contributed by atoms with Crippen LogP contribution in [0.5, 0.6) is 6.01 Å². The molecule has 0 fully saturated rings. The highest BCUT2D eigenvalue weighted by atomic mass is 79.9. The SMILES string of the molecule is CCCCOc1nccc(Br)n1. The molecule has 0 saturated carbocycles. The number of ether oxygens (including phenoxy) is 1. The minimum absolute atomic E-state index is 0.442. The topological polar surface area (TPSA) is 35.0 Å². The predicted octanol–water partition coefficient (Wildman–Crippen LogP) is 2.42. The third-order valence-electron chi connectivity index (χ3n) is 1.33. The van der Waals surface area contributed by atoms with Crippen LogP contribution in [0.2, 0.25) is 0 Å². The molecule has 0 aromatic carbocycles. The zero-order valence-corrected chi connectivity index (χ0v) is 8.54. The van der Waals surface area contributed by atoms with Crippen LogP contribution in [-0.4, -0.2) is 16.6 Å².